The van der Waals surface area contributed by atoms with Gasteiger partial charge in [0.05, 0.1) is 5.56 Å². The first-order valence-corrected chi connectivity index (χ1v) is 9.67. The fourth-order valence-electron chi connectivity index (χ4n) is 4.07. The number of ether oxygens (including phenoxy) is 2. The molecule has 0 saturated heterocycles. The Bertz CT molecular complexity index is 976. The van der Waals surface area contributed by atoms with E-state index in [-0.39, 0.29) is 23.6 Å². The lowest BCUT2D eigenvalue weighted by molar-refractivity contribution is -0.276. The van der Waals surface area contributed by atoms with E-state index < -0.39 is 23.7 Å². The first-order valence-electron chi connectivity index (χ1n) is 9.29. The van der Waals surface area contributed by atoms with Crippen molar-refractivity contribution in [1.29, 1.82) is 0 Å². The average Bonchev–Trinajstić information content (AvgIpc) is 2.64. The second-order valence-electron chi connectivity index (χ2n) is 7.77. The Kier molecular flexibility index (Phi) is 5.20. The number of rotatable bonds is 7. The normalized spacial score (nSPS) is 23.7. The third kappa shape index (κ3) is 4.84. The van der Waals surface area contributed by atoms with Gasteiger partial charge in [0.15, 0.2) is 6.61 Å². The molecular weight excluding hydrogens is 439 g/mol. The zero-order valence-corrected chi connectivity index (χ0v) is 16.7. The Morgan fingerprint density at radius 3 is 2.26 bits per heavy atom. The molecule has 2 amide bonds. The van der Waals surface area contributed by atoms with Gasteiger partial charge in [0, 0.05) is 28.4 Å². The topological polar surface area (TPSA) is 89.6 Å². The summed E-state index contributed by atoms with van der Waals surface area (Å²) in [7, 11) is 0. The van der Waals surface area contributed by atoms with Gasteiger partial charge in [-0.25, -0.2) is 4.98 Å². The highest BCUT2D eigenvalue weighted by Crippen LogP contribution is 2.60. The molecule has 0 atom stereocenters. The molecule has 3 aliphatic rings. The summed E-state index contributed by atoms with van der Waals surface area (Å²) >= 11 is 5.80. The van der Waals surface area contributed by atoms with Crippen LogP contribution in [0.5, 0.6) is 11.6 Å². The largest absolute Gasteiger partial charge is 0.574 e. The number of hydrogen-bond donors (Lipinski definition) is 2. The third-order valence-electron chi connectivity index (χ3n) is 5.22. The van der Waals surface area contributed by atoms with E-state index in [9.17, 15) is 22.8 Å². The lowest BCUT2D eigenvalue weighted by Gasteiger charge is -2.70. The molecule has 164 valence electrons. The Hall–Kier alpha value is -3.01. The highest BCUT2D eigenvalue weighted by molar-refractivity contribution is 6.30. The van der Waals surface area contributed by atoms with Crippen LogP contribution in [0, 0.1) is 0 Å². The number of amides is 2. The van der Waals surface area contributed by atoms with Crippen molar-refractivity contribution in [3.63, 3.8) is 0 Å². The highest BCUT2D eigenvalue weighted by atomic mass is 35.5. The molecule has 5 rings (SSSR count). The van der Waals surface area contributed by atoms with Crippen molar-refractivity contribution >= 4 is 23.4 Å². The van der Waals surface area contributed by atoms with E-state index in [1.807, 2.05) is 0 Å². The Morgan fingerprint density at radius 2 is 1.68 bits per heavy atom. The van der Waals surface area contributed by atoms with E-state index in [4.69, 9.17) is 16.3 Å². The summed E-state index contributed by atoms with van der Waals surface area (Å²) in [6.07, 6.45) is -2.11. The van der Waals surface area contributed by atoms with Gasteiger partial charge in [0.25, 0.3) is 11.8 Å². The Balaban J connectivity index is 1.22. The lowest BCUT2D eigenvalue weighted by atomic mass is 9.44. The first-order chi connectivity index (χ1) is 14.6. The van der Waals surface area contributed by atoms with Gasteiger partial charge in [-0.05, 0) is 49.6 Å². The van der Waals surface area contributed by atoms with Crippen LogP contribution >= 0.6 is 11.6 Å². The van der Waals surface area contributed by atoms with Crippen molar-refractivity contribution in [2.45, 2.75) is 36.7 Å². The molecular formula is C20H17ClF3N3O4. The number of carbonyl (C=O) groups is 2. The minimum absolute atomic E-state index is 0.119. The molecule has 2 aromatic rings. The van der Waals surface area contributed by atoms with Crippen LogP contribution in [0.15, 0.2) is 42.6 Å². The summed E-state index contributed by atoms with van der Waals surface area (Å²) in [6, 6.07) is 8.84. The molecule has 2 bridgehead atoms. The van der Waals surface area contributed by atoms with Gasteiger partial charge >= 0.3 is 6.36 Å². The molecule has 0 aliphatic heterocycles. The van der Waals surface area contributed by atoms with Crippen LogP contribution in [-0.2, 0) is 4.79 Å². The van der Waals surface area contributed by atoms with Crippen molar-refractivity contribution in [3.8, 4) is 11.6 Å². The Labute approximate surface area is 179 Å². The molecule has 1 aromatic heterocycles. The van der Waals surface area contributed by atoms with Crippen LogP contribution in [-0.4, -0.2) is 40.8 Å². The Morgan fingerprint density at radius 1 is 1.03 bits per heavy atom. The summed E-state index contributed by atoms with van der Waals surface area (Å²) in [4.78, 5) is 28.0. The molecule has 0 unspecified atom stereocenters. The number of halogens is 4. The number of nitrogens with zero attached hydrogens (tertiary/aromatic N) is 1. The van der Waals surface area contributed by atoms with Gasteiger partial charge in [-0.1, -0.05) is 11.6 Å². The minimum Gasteiger partial charge on any atom is -0.484 e. The van der Waals surface area contributed by atoms with Gasteiger partial charge in [-0.3, -0.25) is 9.59 Å². The SMILES string of the molecule is O=C(COc1ccc(Cl)cc1)NC12CC(NC(=O)c3ccc(OC(F)(F)F)nc3)(C1)C2. The molecule has 1 aromatic carbocycles. The lowest BCUT2D eigenvalue weighted by Crippen LogP contribution is -2.84. The van der Waals surface area contributed by atoms with Gasteiger partial charge in [-0.15, -0.1) is 13.2 Å². The van der Waals surface area contributed by atoms with E-state index in [1.54, 1.807) is 24.3 Å². The van der Waals surface area contributed by atoms with Crippen LogP contribution in [0.25, 0.3) is 0 Å². The van der Waals surface area contributed by atoms with Crippen LogP contribution in [0.4, 0.5) is 13.2 Å². The van der Waals surface area contributed by atoms with E-state index in [0.717, 1.165) is 12.3 Å². The van der Waals surface area contributed by atoms with Gasteiger partial charge in [-0.2, -0.15) is 0 Å². The number of carbonyl (C=O) groups excluding carboxylic acids is 2. The molecule has 3 aliphatic carbocycles. The quantitative estimate of drug-likeness (QED) is 0.669. The smallest absolute Gasteiger partial charge is 0.484 e. The third-order valence-corrected chi connectivity index (χ3v) is 5.47. The summed E-state index contributed by atoms with van der Waals surface area (Å²) in [6.45, 7) is -0.138. The molecule has 2 N–H and O–H groups in total. The number of nitrogens with one attached hydrogen (secondary N) is 2. The van der Waals surface area contributed by atoms with Gasteiger partial charge in [0.2, 0.25) is 5.88 Å². The summed E-state index contributed by atoms with van der Waals surface area (Å²) in [5, 5.41) is 6.37. The predicted molar refractivity (Wildman–Crippen MR) is 103 cm³/mol. The molecule has 0 spiro atoms. The maximum atomic E-state index is 12.4. The summed E-state index contributed by atoms with van der Waals surface area (Å²) < 4.78 is 45.6. The maximum Gasteiger partial charge on any atom is 0.574 e. The summed E-state index contributed by atoms with van der Waals surface area (Å²) in [5.41, 5.74) is -0.674. The van der Waals surface area contributed by atoms with Crippen molar-refractivity contribution in [2.75, 3.05) is 6.61 Å². The van der Waals surface area contributed by atoms with Crippen LogP contribution in [0.1, 0.15) is 29.6 Å². The number of pyridine rings is 1. The molecule has 0 radical (unpaired) electrons. The summed E-state index contributed by atoms with van der Waals surface area (Å²) in [5.74, 6) is -0.825. The molecule has 1 heterocycles. The number of alkyl halides is 3. The van der Waals surface area contributed by atoms with Gasteiger partial charge < -0.3 is 20.1 Å². The monoisotopic (exact) mass is 455 g/mol. The molecule has 31 heavy (non-hydrogen) atoms. The van der Waals surface area contributed by atoms with E-state index in [1.165, 1.54) is 6.07 Å². The van der Waals surface area contributed by atoms with E-state index in [2.05, 4.69) is 20.4 Å². The van der Waals surface area contributed by atoms with E-state index in [0.29, 0.717) is 30.0 Å². The standard InChI is InChI=1S/C20H17ClF3N3O4/c21-13-2-4-14(5-3-13)30-8-15(28)26-18-9-19(10-18,11-18)27-17(29)12-1-6-16(25-7-12)31-20(22,23)24/h1-7H,8-11H2,(H,26,28)(H,27,29). The molecule has 11 heteroatoms. The van der Waals surface area contributed by atoms with Crippen molar-refractivity contribution in [2.24, 2.45) is 0 Å². The number of benzene rings is 1. The second-order valence-corrected chi connectivity index (χ2v) is 8.21. The van der Waals surface area contributed by atoms with Gasteiger partial charge in [0.1, 0.15) is 5.75 Å². The van der Waals surface area contributed by atoms with Crippen LogP contribution < -0.4 is 20.1 Å². The minimum atomic E-state index is -4.85. The number of aromatic nitrogens is 1. The molecule has 3 fully saturated rings. The fraction of sp³-hybridized carbons (Fsp3) is 0.350. The zero-order chi connectivity index (χ0) is 22.3. The molecule has 3 saturated carbocycles. The first kappa shape index (κ1) is 21.2. The highest BCUT2D eigenvalue weighted by Gasteiger charge is 2.69. The van der Waals surface area contributed by atoms with E-state index >= 15 is 0 Å². The second kappa shape index (κ2) is 7.60. The predicted octanol–water partition coefficient (Wildman–Crippen LogP) is 3.23. The van der Waals surface area contributed by atoms with Crippen molar-refractivity contribution < 1.29 is 32.2 Å². The van der Waals surface area contributed by atoms with Crippen molar-refractivity contribution in [3.05, 3.63) is 53.2 Å². The fourth-order valence-corrected chi connectivity index (χ4v) is 4.20. The van der Waals surface area contributed by atoms with Crippen LogP contribution in [0.2, 0.25) is 5.02 Å². The number of hydrogen-bond acceptors (Lipinski definition) is 5. The maximum absolute atomic E-state index is 12.4. The van der Waals surface area contributed by atoms with Crippen LogP contribution in [0.3, 0.4) is 0 Å². The molecule has 7 nitrogen and oxygen atoms in total. The van der Waals surface area contributed by atoms with Crippen molar-refractivity contribution in [1.82, 2.24) is 15.6 Å². The zero-order valence-electron chi connectivity index (χ0n) is 16.0. The average molecular weight is 456 g/mol.